The molecule has 0 spiro atoms. The number of carbonyl (C=O) groups excluding carboxylic acids is 1. The van der Waals surface area contributed by atoms with E-state index in [4.69, 9.17) is 0 Å². The van der Waals surface area contributed by atoms with Crippen molar-refractivity contribution in [3.05, 3.63) is 99.6 Å². The van der Waals surface area contributed by atoms with Crippen molar-refractivity contribution in [3.8, 4) is 0 Å². The molecular weight excluding hydrogens is 406 g/mol. The van der Waals surface area contributed by atoms with E-state index >= 15 is 0 Å². The molecule has 0 unspecified atom stereocenters. The maximum atomic E-state index is 13.0. The minimum absolute atomic E-state index is 0.0718. The van der Waals surface area contributed by atoms with Gasteiger partial charge in [0.15, 0.2) is 0 Å². The Morgan fingerprint density at radius 3 is 2.62 bits per heavy atom. The zero-order valence-corrected chi connectivity index (χ0v) is 17.0. The molecule has 3 aromatic carbocycles. The molecule has 0 aromatic heterocycles. The van der Waals surface area contributed by atoms with Crippen molar-refractivity contribution in [2.45, 2.75) is 0 Å². The summed E-state index contributed by atoms with van der Waals surface area (Å²) < 4.78 is 0. The van der Waals surface area contributed by atoms with Crippen molar-refractivity contribution >= 4 is 40.1 Å². The van der Waals surface area contributed by atoms with E-state index in [2.05, 4.69) is 20.9 Å². The third-order valence-corrected chi connectivity index (χ3v) is 5.35. The molecule has 158 valence electrons. The van der Waals surface area contributed by atoms with Crippen LogP contribution in [0.4, 0.5) is 17.1 Å². The number of hydrogen-bond donors (Lipinski definition) is 3. The Hall–Kier alpha value is -4.46. The molecule has 1 amide bonds. The number of fused-ring (bicyclic) bond motifs is 1. The van der Waals surface area contributed by atoms with E-state index in [0.29, 0.717) is 22.5 Å². The monoisotopic (exact) mass is 425 g/mol. The van der Waals surface area contributed by atoms with Gasteiger partial charge in [-0.1, -0.05) is 42.5 Å². The summed E-state index contributed by atoms with van der Waals surface area (Å²) in [6, 6.07) is 21.6. The van der Waals surface area contributed by atoms with Gasteiger partial charge in [-0.15, -0.1) is 0 Å². The first-order valence-corrected chi connectivity index (χ1v) is 10.2. The minimum Gasteiger partial charge on any atom is -0.368 e. The van der Waals surface area contributed by atoms with E-state index in [-0.39, 0.29) is 11.6 Å². The zero-order valence-electron chi connectivity index (χ0n) is 17.0. The largest absolute Gasteiger partial charge is 0.368 e. The predicted octanol–water partition coefficient (Wildman–Crippen LogP) is 3.88. The number of benzene rings is 3. The summed E-state index contributed by atoms with van der Waals surface area (Å²) in [5, 5.41) is 20.8. The Morgan fingerprint density at radius 1 is 1.03 bits per heavy atom. The lowest BCUT2D eigenvalue weighted by molar-refractivity contribution is -0.384. The number of amides is 1. The van der Waals surface area contributed by atoms with Gasteiger partial charge in [-0.05, 0) is 23.8 Å². The SMILES string of the molecule is O=C1Nc2ccc([N+](=O)[O-])cc2/C1=C(/Nc1cccc(C2=NCCN2)c1)c1ccccc1. The molecule has 0 saturated carbocycles. The summed E-state index contributed by atoms with van der Waals surface area (Å²) in [6.45, 7) is 1.55. The summed E-state index contributed by atoms with van der Waals surface area (Å²) in [5.74, 6) is 0.520. The Balaban J connectivity index is 1.65. The first-order chi connectivity index (χ1) is 15.6. The van der Waals surface area contributed by atoms with E-state index in [1.54, 1.807) is 6.07 Å². The average Bonchev–Trinajstić information content (AvgIpc) is 3.45. The number of hydrogen-bond acceptors (Lipinski definition) is 6. The van der Waals surface area contributed by atoms with E-state index < -0.39 is 4.92 Å². The molecule has 0 fully saturated rings. The molecule has 0 atom stereocenters. The highest BCUT2D eigenvalue weighted by Crippen LogP contribution is 2.39. The van der Waals surface area contributed by atoms with Crippen molar-refractivity contribution in [1.82, 2.24) is 5.32 Å². The molecule has 3 aromatic rings. The Bertz CT molecular complexity index is 1300. The summed E-state index contributed by atoms with van der Waals surface area (Å²) in [5.41, 5.74) is 4.40. The number of anilines is 2. The van der Waals surface area contributed by atoms with Crippen LogP contribution in [0.2, 0.25) is 0 Å². The number of rotatable bonds is 5. The first-order valence-electron chi connectivity index (χ1n) is 10.2. The number of non-ortho nitro benzene ring substituents is 1. The van der Waals surface area contributed by atoms with Crippen molar-refractivity contribution in [2.24, 2.45) is 4.99 Å². The lowest BCUT2D eigenvalue weighted by atomic mass is 9.99. The number of nitro benzene ring substituents is 1. The molecule has 2 aliphatic rings. The van der Waals surface area contributed by atoms with Gasteiger partial charge >= 0.3 is 0 Å². The second kappa shape index (κ2) is 7.99. The quantitative estimate of drug-likeness (QED) is 0.327. The fourth-order valence-corrected chi connectivity index (χ4v) is 3.88. The smallest absolute Gasteiger partial charge is 0.270 e. The van der Waals surface area contributed by atoms with Gasteiger partial charge in [-0.3, -0.25) is 19.9 Å². The molecule has 8 heteroatoms. The molecule has 2 heterocycles. The van der Waals surface area contributed by atoms with Crippen LogP contribution in [0.25, 0.3) is 11.3 Å². The molecule has 2 aliphatic heterocycles. The van der Waals surface area contributed by atoms with Gasteiger partial charge in [0.05, 0.1) is 22.7 Å². The van der Waals surface area contributed by atoms with E-state index in [0.717, 1.165) is 35.7 Å². The predicted molar refractivity (Wildman–Crippen MR) is 124 cm³/mol. The zero-order chi connectivity index (χ0) is 22.1. The lowest BCUT2D eigenvalue weighted by Gasteiger charge is -2.15. The van der Waals surface area contributed by atoms with Gasteiger partial charge < -0.3 is 16.0 Å². The number of amidine groups is 1. The second-order valence-electron chi connectivity index (χ2n) is 7.42. The summed E-state index contributed by atoms with van der Waals surface area (Å²) in [7, 11) is 0. The maximum absolute atomic E-state index is 13.0. The molecule has 0 bridgehead atoms. The molecule has 0 radical (unpaired) electrons. The number of nitrogens with zero attached hydrogens (tertiary/aromatic N) is 2. The van der Waals surface area contributed by atoms with Crippen LogP contribution in [-0.4, -0.2) is 29.8 Å². The third-order valence-electron chi connectivity index (χ3n) is 5.35. The maximum Gasteiger partial charge on any atom is 0.270 e. The van der Waals surface area contributed by atoms with Gasteiger partial charge in [0.1, 0.15) is 5.84 Å². The van der Waals surface area contributed by atoms with E-state index in [1.807, 2.05) is 54.6 Å². The van der Waals surface area contributed by atoms with Crippen molar-refractivity contribution in [3.63, 3.8) is 0 Å². The molecule has 32 heavy (non-hydrogen) atoms. The molecule has 3 N–H and O–H groups in total. The van der Waals surface area contributed by atoms with Crippen LogP contribution in [0, 0.1) is 10.1 Å². The van der Waals surface area contributed by atoms with E-state index in [9.17, 15) is 14.9 Å². The van der Waals surface area contributed by atoms with Gasteiger partial charge in [0, 0.05) is 41.2 Å². The highest BCUT2D eigenvalue weighted by molar-refractivity contribution is 6.37. The Morgan fingerprint density at radius 2 is 1.88 bits per heavy atom. The number of nitro groups is 1. The normalized spacial score (nSPS) is 16.0. The molecule has 8 nitrogen and oxygen atoms in total. The van der Waals surface area contributed by atoms with Crippen molar-refractivity contribution in [2.75, 3.05) is 23.7 Å². The average molecular weight is 425 g/mol. The van der Waals surface area contributed by atoms with Crippen LogP contribution in [0.3, 0.4) is 0 Å². The van der Waals surface area contributed by atoms with Gasteiger partial charge in [-0.25, -0.2) is 0 Å². The molecule has 5 rings (SSSR count). The van der Waals surface area contributed by atoms with Gasteiger partial charge in [0.2, 0.25) is 0 Å². The van der Waals surface area contributed by atoms with Crippen LogP contribution in [0.1, 0.15) is 16.7 Å². The van der Waals surface area contributed by atoms with Gasteiger partial charge in [0.25, 0.3) is 11.6 Å². The first kappa shape index (κ1) is 19.5. The van der Waals surface area contributed by atoms with Crippen LogP contribution in [0.5, 0.6) is 0 Å². The summed E-state index contributed by atoms with van der Waals surface area (Å²) in [6.07, 6.45) is 0. The lowest BCUT2D eigenvalue weighted by Crippen LogP contribution is -2.19. The number of carbonyl (C=O) groups is 1. The summed E-state index contributed by atoms with van der Waals surface area (Å²) in [4.78, 5) is 28.3. The van der Waals surface area contributed by atoms with E-state index in [1.165, 1.54) is 12.1 Å². The fourth-order valence-electron chi connectivity index (χ4n) is 3.88. The third kappa shape index (κ3) is 3.58. The van der Waals surface area contributed by atoms with Crippen molar-refractivity contribution < 1.29 is 9.72 Å². The second-order valence-corrected chi connectivity index (χ2v) is 7.42. The number of aliphatic imine (C=N–C) groups is 1. The van der Waals surface area contributed by atoms with Crippen molar-refractivity contribution in [1.29, 1.82) is 0 Å². The Kier molecular flexibility index (Phi) is 4.87. The van der Waals surface area contributed by atoms with Crippen LogP contribution in [-0.2, 0) is 4.79 Å². The standard InChI is InChI=1S/C24H19N5O3/c30-24-21(19-14-18(29(31)32)9-10-20(19)28-24)22(15-5-2-1-3-6-15)27-17-8-4-7-16(13-17)23-25-11-12-26-23/h1-10,13-14,27H,11-12H2,(H,25,26)(H,28,30)/b22-21-. The Labute approximate surface area is 183 Å². The molecular formula is C24H19N5O3. The highest BCUT2D eigenvalue weighted by atomic mass is 16.6. The highest BCUT2D eigenvalue weighted by Gasteiger charge is 2.30. The molecule has 0 aliphatic carbocycles. The van der Waals surface area contributed by atoms with Gasteiger partial charge in [-0.2, -0.15) is 0 Å². The minimum atomic E-state index is -0.463. The van der Waals surface area contributed by atoms with Crippen LogP contribution in [0.15, 0.2) is 77.8 Å². The van der Waals surface area contributed by atoms with Crippen LogP contribution < -0.4 is 16.0 Å². The number of nitrogens with one attached hydrogen (secondary N) is 3. The summed E-state index contributed by atoms with van der Waals surface area (Å²) >= 11 is 0. The molecule has 0 saturated heterocycles. The topological polar surface area (TPSA) is 109 Å². The fraction of sp³-hybridized carbons (Fsp3) is 0.0833. The van der Waals surface area contributed by atoms with Crippen LogP contribution >= 0.6 is 0 Å².